The lowest BCUT2D eigenvalue weighted by molar-refractivity contribution is 0.0525. The van der Waals surface area contributed by atoms with E-state index in [-0.39, 0.29) is 6.09 Å². The Hall–Kier alpha value is -4.01. The van der Waals surface area contributed by atoms with E-state index in [1.54, 1.807) is 0 Å². The molecular formula is C42H57N5O2. The van der Waals surface area contributed by atoms with Gasteiger partial charge in [0.15, 0.2) is 0 Å². The van der Waals surface area contributed by atoms with E-state index in [1.807, 2.05) is 20.8 Å². The highest BCUT2D eigenvalue weighted by Gasteiger charge is 2.17. The summed E-state index contributed by atoms with van der Waals surface area (Å²) in [6, 6.07) is 42.9. The summed E-state index contributed by atoms with van der Waals surface area (Å²) >= 11 is 0. The number of ether oxygens (including phenoxy) is 1. The number of amides is 1. The van der Waals surface area contributed by atoms with Gasteiger partial charge in [-0.3, -0.25) is 14.7 Å². The van der Waals surface area contributed by atoms with E-state index in [0.717, 1.165) is 78.4 Å². The molecule has 0 saturated carbocycles. The van der Waals surface area contributed by atoms with Crippen LogP contribution in [0.25, 0.3) is 0 Å². The zero-order valence-corrected chi connectivity index (χ0v) is 29.9. The second-order valence-electron chi connectivity index (χ2n) is 13.7. The van der Waals surface area contributed by atoms with E-state index < -0.39 is 5.60 Å². The molecule has 0 aliphatic heterocycles. The standard InChI is InChI=1S/C42H57N5O2/c1-42(2,3)49-41(48)44-25-16-27-45(34-38-19-10-5-11-20-38)29-31-47(36-40-23-14-7-15-24-40)32-30-46(35-39-21-12-6-13-22-39)28-26-43-33-37-17-8-4-9-18-37/h4-15,17-24,43H,16,25-36H2,1-3H3,(H,44,48). The van der Waals surface area contributed by atoms with Crippen LogP contribution < -0.4 is 10.6 Å². The van der Waals surface area contributed by atoms with Gasteiger partial charge in [0.1, 0.15) is 5.60 Å². The van der Waals surface area contributed by atoms with Crippen LogP contribution in [-0.2, 0) is 30.9 Å². The quantitative estimate of drug-likeness (QED) is 0.0921. The minimum Gasteiger partial charge on any atom is -0.444 e. The van der Waals surface area contributed by atoms with E-state index in [0.29, 0.717) is 6.54 Å². The fraction of sp³-hybridized carbons (Fsp3) is 0.405. The van der Waals surface area contributed by atoms with Gasteiger partial charge in [-0.05, 0) is 49.4 Å². The number of carbonyl (C=O) groups excluding carboxylic acids is 1. The molecule has 0 heterocycles. The molecule has 4 aromatic rings. The molecule has 0 fully saturated rings. The highest BCUT2D eigenvalue weighted by Crippen LogP contribution is 2.11. The minimum atomic E-state index is -0.499. The van der Waals surface area contributed by atoms with Crippen LogP contribution in [0.2, 0.25) is 0 Å². The van der Waals surface area contributed by atoms with Crippen LogP contribution in [0.1, 0.15) is 49.4 Å². The van der Waals surface area contributed by atoms with Crippen LogP contribution in [0.3, 0.4) is 0 Å². The van der Waals surface area contributed by atoms with Gasteiger partial charge in [0.25, 0.3) is 0 Å². The molecule has 4 aromatic carbocycles. The number of rotatable bonds is 21. The average molecular weight is 664 g/mol. The largest absolute Gasteiger partial charge is 0.444 e. The lowest BCUT2D eigenvalue weighted by Gasteiger charge is -2.30. The first-order valence-electron chi connectivity index (χ1n) is 17.8. The second kappa shape index (κ2) is 21.2. The maximum absolute atomic E-state index is 12.2. The van der Waals surface area contributed by atoms with Gasteiger partial charge in [-0.1, -0.05) is 121 Å². The van der Waals surface area contributed by atoms with Crippen molar-refractivity contribution in [3.8, 4) is 0 Å². The number of nitrogens with one attached hydrogen (secondary N) is 2. The van der Waals surface area contributed by atoms with Crippen molar-refractivity contribution in [2.75, 3.05) is 52.4 Å². The third-order valence-electron chi connectivity index (χ3n) is 8.31. The van der Waals surface area contributed by atoms with Crippen molar-refractivity contribution < 1.29 is 9.53 Å². The molecule has 0 aliphatic carbocycles. The Labute approximate surface area is 295 Å². The first kappa shape index (κ1) is 37.8. The molecular weight excluding hydrogens is 606 g/mol. The van der Waals surface area contributed by atoms with Gasteiger partial charge in [0, 0.05) is 78.5 Å². The van der Waals surface area contributed by atoms with Crippen LogP contribution in [0.15, 0.2) is 121 Å². The van der Waals surface area contributed by atoms with E-state index in [2.05, 4.69) is 147 Å². The van der Waals surface area contributed by atoms with Crippen molar-refractivity contribution in [2.24, 2.45) is 0 Å². The molecule has 0 spiro atoms. The zero-order valence-electron chi connectivity index (χ0n) is 29.9. The third-order valence-corrected chi connectivity index (χ3v) is 8.31. The van der Waals surface area contributed by atoms with Gasteiger partial charge in [-0.2, -0.15) is 0 Å². The highest BCUT2D eigenvalue weighted by atomic mass is 16.6. The van der Waals surface area contributed by atoms with Gasteiger partial charge in [0.2, 0.25) is 0 Å². The molecule has 4 rings (SSSR count). The number of benzene rings is 4. The summed E-state index contributed by atoms with van der Waals surface area (Å²) in [7, 11) is 0. The molecule has 0 unspecified atom stereocenters. The smallest absolute Gasteiger partial charge is 0.407 e. The third kappa shape index (κ3) is 16.3. The maximum atomic E-state index is 12.2. The Kier molecular flexibility index (Phi) is 16.3. The van der Waals surface area contributed by atoms with Crippen LogP contribution in [-0.4, -0.2) is 78.8 Å². The van der Waals surface area contributed by atoms with Crippen molar-refractivity contribution in [3.05, 3.63) is 144 Å². The lowest BCUT2D eigenvalue weighted by atomic mass is 10.2. The Morgan fingerprint density at radius 1 is 0.531 bits per heavy atom. The van der Waals surface area contributed by atoms with E-state index in [9.17, 15) is 4.79 Å². The van der Waals surface area contributed by atoms with Gasteiger partial charge < -0.3 is 15.4 Å². The molecule has 0 bridgehead atoms. The molecule has 0 saturated heterocycles. The van der Waals surface area contributed by atoms with Crippen molar-refractivity contribution in [3.63, 3.8) is 0 Å². The second-order valence-corrected chi connectivity index (χ2v) is 13.7. The molecule has 0 aliphatic rings. The zero-order chi connectivity index (χ0) is 34.6. The summed E-state index contributed by atoms with van der Waals surface area (Å²) in [5, 5.41) is 6.58. The predicted octanol–water partition coefficient (Wildman–Crippen LogP) is 7.20. The number of hydrogen-bond donors (Lipinski definition) is 2. The van der Waals surface area contributed by atoms with Crippen LogP contribution in [0.5, 0.6) is 0 Å². The molecule has 0 aromatic heterocycles. The number of nitrogens with zero attached hydrogens (tertiary/aromatic N) is 3. The van der Waals surface area contributed by atoms with Gasteiger partial charge in [-0.15, -0.1) is 0 Å². The fourth-order valence-corrected chi connectivity index (χ4v) is 5.77. The van der Waals surface area contributed by atoms with Crippen molar-refractivity contribution in [2.45, 2.75) is 59.0 Å². The van der Waals surface area contributed by atoms with Crippen LogP contribution in [0, 0.1) is 0 Å². The topological polar surface area (TPSA) is 60.1 Å². The predicted molar refractivity (Wildman–Crippen MR) is 202 cm³/mol. The Morgan fingerprint density at radius 3 is 1.35 bits per heavy atom. The van der Waals surface area contributed by atoms with E-state index in [1.165, 1.54) is 22.3 Å². The molecule has 7 nitrogen and oxygen atoms in total. The Morgan fingerprint density at radius 2 is 0.918 bits per heavy atom. The summed E-state index contributed by atoms with van der Waals surface area (Å²) in [5.41, 5.74) is 4.79. The van der Waals surface area contributed by atoms with Crippen LogP contribution >= 0.6 is 0 Å². The van der Waals surface area contributed by atoms with Gasteiger partial charge >= 0.3 is 6.09 Å². The summed E-state index contributed by atoms with van der Waals surface area (Å²) in [4.78, 5) is 19.9. The Bertz CT molecular complexity index is 1430. The first-order chi connectivity index (χ1) is 23.8. The number of carbonyl (C=O) groups is 1. The number of hydrogen-bond acceptors (Lipinski definition) is 6. The van der Waals surface area contributed by atoms with E-state index in [4.69, 9.17) is 4.74 Å². The SMILES string of the molecule is CC(C)(C)OC(=O)NCCCN(CCN(CCN(CCNCc1ccccc1)Cc1ccccc1)Cc1ccccc1)Cc1ccccc1. The van der Waals surface area contributed by atoms with Crippen molar-refractivity contribution in [1.82, 2.24) is 25.3 Å². The van der Waals surface area contributed by atoms with Crippen molar-refractivity contribution in [1.29, 1.82) is 0 Å². The van der Waals surface area contributed by atoms with Gasteiger partial charge in [0.05, 0.1) is 0 Å². The monoisotopic (exact) mass is 663 g/mol. The molecule has 262 valence electrons. The average Bonchev–Trinajstić information content (AvgIpc) is 3.10. The van der Waals surface area contributed by atoms with Crippen molar-refractivity contribution >= 4 is 6.09 Å². The molecule has 0 radical (unpaired) electrons. The van der Waals surface area contributed by atoms with Crippen LogP contribution in [0.4, 0.5) is 4.79 Å². The normalized spacial score (nSPS) is 11.7. The number of alkyl carbamates (subject to hydrolysis) is 1. The molecule has 49 heavy (non-hydrogen) atoms. The molecule has 1 amide bonds. The molecule has 7 heteroatoms. The summed E-state index contributed by atoms with van der Waals surface area (Å²) in [5.74, 6) is 0. The molecule has 0 atom stereocenters. The first-order valence-corrected chi connectivity index (χ1v) is 17.8. The van der Waals surface area contributed by atoms with Gasteiger partial charge in [-0.25, -0.2) is 4.79 Å². The Balaban J connectivity index is 1.37. The maximum Gasteiger partial charge on any atom is 0.407 e. The molecule has 2 N–H and O–H groups in total. The van der Waals surface area contributed by atoms with E-state index >= 15 is 0 Å². The summed E-state index contributed by atoms with van der Waals surface area (Å²) in [6.07, 6.45) is 0.498. The fourth-order valence-electron chi connectivity index (χ4n) is 5.77. The summed E-state index contributed by atoms with van der Waals surface area (Å²) < 4.78 is 5.43. The lowest BCUT2D eigenvalue weighted by Crippen LogP contribution is -2.41. The summed E-state index contributed by atoms with van der Waals surface area (Å²) in [6.45, 7) is 16.5. The highest BCUT2D eigenvalue weighted by molar-refractivity contribution is 5.67. The minimum absolute atomic E-state index is 0.355.